The van der Waals surface area contributed by atoms with Gasteiger partial charge in [0.15, 0.2) is 0 Å². The van der Waals surface area contributed by atoms with Gasteiger partial charge in [0.1, 0.15) is 0 Å². The van der Waals surface area contributed by atoms with Gasteiger partial charge in [-0.2, -0.15) is 4.31 Å². The van der Waals surface area contributed by atoms with E-state index >= 15 is 0 Å². The number of sulfonamides is 1. The smallest absolute Gasteiger partial charge is 0.243 e. The second-order valence-electron chi connectivity index (χ2n) is 4.38. The Kier molecular flexibility index (Phi) is 5.91. The van der Waals surface area contributed by atoms with Crippen molar-refractivity contribution in [2.75, 3.05) is 6.54 Å². The van der Waals surface area contributed by atoms with Gasteiger partial charge in [0.05, 0.1) is 9.88 Å². The van der Waals surface area contributed by atoms with Crippen molar-refractivity contribution in [3.63, 3.8) is 0 Å². The Morgan fingerprint density at radius 2 is 2.11 bits per heavy atom. The van der Waals surface area contributed by atoms with Crippen molar-refractivity contribution in [3.05, 3.63) is 28.7 Å². The van der Waals surface area contributed by atoms with E-state index in [0.717, 1.165) is 4.47 Å². The van der Waals surface area contributed by atoms with Crippen LogP contribution in [-0.2, 0) is 10.0 Å². The first-order chi connectivity index (χ1) is 8.75. The van der Waals surface area contributed by atoms with Crippen molar-refractivity contribution < 1.29 is 8.42 Å². The molecule has 2 N–H and O–H groups in total. The molecule has 19 heavy (non-hydrogen) atoms. The van der Waals surface area contributed by atoms with Crippen LogP contribution in [0, 0.1) is 0 Å². The molecule has 0 saturated carbocycles. The van der Waals surface area contributed by atoms with E-state index in [1.54, 1.807) is 24.3 Å². The third kappa shape index (κ3) is 4.52. The molecule has 7 heteroatoms. The van der Waals surface area contributed by atoms with E-state index in [4.69, 9.17) is 18.0 Å². The molecule has 1 aromatic rings. The number of thiocarbonyl (C=S) groups is 1. The lowest BCUT2D eigenvalue weighted by molar-refractivity contribution is 0.362. The number of hydrogen-bond donors (Lipinski definition) is 1. The highest BCUT2D eigenvalue weighted by atomic mass is 79.9. The molecule has 0 aliphatic carbocycles. The molecule has 4 nitrogen and oxygen atoms in total. The van der Waals surface area contributed by atoms with Crippen molar-refractivity contribution in [1.29, 1.82) is 0 Å². The first-order valence-corrected chi connectivity index (χ1v) is 8.45. The van der Waals surface area contributed by atoms with Gasteiger partial charge in [-0.25, -0.2) is 8.42 Å². The molecule has 0 bridgehead atoms. The van der Waals surface area contributed by atoms with E-state index in [2.05, 4.69) is 15.9 Å². The minimum Gasteiger partial charge on any atom is -0.393 e. The fraction of sp³-hybridized carbons (Fsp3) is 0.417. The zero-order valence-electron chi connectivity index (χ0n) is 10.8. The van der Waals surface area contributed by atoms with Crippen LogP contribution >= 0.6 is 28.1 Å². The van der Waals surface area contributed by atoms with Gasteiger partial charge in [-0.1, -0.05) is 34.2 Å². The van der Waals surface area contributed by atoms with E-state index in [1.165, 1.54) is 4.31 Å². The van der Waals surface area contributed by atoms with Crippen LogP contribution in [-0.4, -0.2) is 30.3 Å². The fourth-order valence-electron chi connectivity index (χ4n) is 1.64. The Morgan fingerprint density at radius 3 is 2.58 bits per heavy atom. The Morgan fingerprint density at radius 1 is 1.47 bits per heavy atom. The predicted octanol–water partition coefficient (Wildman–Crippen LogP) is 2.52. The first-order valence-electron chi connectivity index (χ1n) is 5.81. The fourth-order valence-corrected chi connectivity index (χ4v) is 3.97. The minimum absolute atomic E-state index is 0.154. The van der Waals surface area contributed by atoms with E-state index in [9.17, 15) is 8.42 Å². The molecule has 0 atom stereocenters. The van der Waals surface area contributed by atoms with Crippen molar-refractivity contribution in [3.8, 4) is 0 Å². The third-order valence-corrected chi connectivity index (χ3v) is 5.33. The highest BCUT2D eigenvalue weighted by molar-refractivity contribution is 9.10. The SMILES string of the molecule is CC(C)N(CCC(N)=S)S(=O)(=O)c1cccc(Br)c1. The average Bonchev–Trinajstić information content (AvgIpc) is 2.27. The minimum atomic E-state index is -3.53. The second-order valence-corrected chi connectivity index (χ2v) is 7.71. The summed E-state index contributed by atoms with van der Waals surface area (Å²) in [5.41, 5.74) is 5.45. The lowest BCUT2D eigenvalue weighted by Crippen LogP contribution is -2.38. The number of nitrogens with two attached hydrogens (primary N) is 1. The van der Waals surface area contributed by atoms with Gasteiger partial charge in [0, 0.05) is 23.5 Å². The number of rotatable bonds is 6. The lowest BCUT2D eigenvalue weighted by atomic mass is 10.3. The lowest BCUT2D eigenvalue weighted by Gasteiger charge is -2.25. The molecule has 0 aliphatic rings. The van der Waals surface area contributed by atoms with Crippen LogP contribution in [0.5, 0.6) is 0 Å². The van der Waals surface area contributed by atoms with Gasteiger partial charge >= 0.3 is 0 Å². The van der Waals surface area contributed by atoms with Gasteiger partial charge < -0.3 is 5.73 Å². The standard InChI is InChI=1S/C12H17BrN2O2S2/c1-9(2)15(7-6-12(14)18)19(16,17)11-5-3-4-10(13)8-11/h3-5,8-9H,6-7H2,1-2H3,(H2,14,18). The molecule has 1 rings (SSSR count). The molecule has 0 radical (unpaired) electrons. The predicted molar refractivity (Wildman–Crippen MR) is 84.6 cm³/mol. The highest BCUT2D eigenvalue weighted by Crippen LogP contribution is 2.21. The zero-order chi connectivity index (χ0) is 14.6. The summed E-state index contributed by atoms with van der Waals surface area (Å²) in [5.74, 6) is 0. The van der Waals surface area contributed by atoms with E-state index < -0.39 is 10.0 Å². The van der Waals surface area contributed by atoms with Crippen LogP contribution in [0.15, 0.2) is 33.6 Å². The summed E-state index contributed by atoms with van der Waals surface area (Å²) in [6, 6.07) is 6.50. The molecule has 0 fully saturated rings. The molecule has 0 aromatic heterocycles. The molecular weight excluding hydrogens is 348 g/mol. The molecule has 0 heterocycles. The Bertz CT molecular complexity index is 559. The van der Waals surface area contributed by atoms with E-state index in [0.29, 0.717) is 18.0 Å². The normalized spacial score (nSPS) is 12.1. The third-order valence-electron chi connectivity index (χ3n) is 2.56. The molecule has 106 valence electrons. The number of hydrogen-bond acceptors (Lipinski definition) is 3. The van der Waals surface area contributed by atoms with Gasteiger partial charge in [-0.3, -0.25) is 0 Å². The van der Waals surface area contributed by atoms with Crippen LogP contribution in [0.25, 0.3) is 0 Å². The maximum Gasteiger partial charge on any atom is 0.243 e. The van der Waals surface area contributed by atoms with Crippen LogP contribution in [0.3, 0.4) is 0 Å². The van der Waals surface area contributed by atoms with Gasteiger partial charge in [0.25, 0.3) is 0 Å². The van der Waals surface area contributed by atoms with Crippen molar-refractivity contribution in [1.82, 2.24) is 4.31 Å². The summed E-state index contributed by atoms with van der Waals surface area (Å²) in [6.45, 7) is 3.95. The van der Waals surface area contributed by atoms with Crippen molar-refractivity contribution >= 4 is 43.2 Å². The summed E-state index contributed by atoms with van der Waals surface area (Å²) >= 11 is 8.09. The molecule has 0 amide bonds. The molecule has 0 spiro atoms. The number of nitrogens with zero attached hydrogens (tertiary/aromatic N) is 1. The maximum absolute atomic E-state index is 12.6. The summed E-state index contributed by atoms with van der Waals surface area (Å²) in [5, 5.41) is 0. The number of benzene rings is 1. The van der Waals surface area contributed by atoms with E-state index in [1.807, 2.05) is 13.8 Å². The largest absolute Gasteiger partial charge is 0.393 e. The van der Waals surface area contributed by atoms with Gasteiger partial charge in [0.2, 0.25) is 10.0 Å². The Labute approximate surface area is 128 Å². The Hall–Kier alpha value is -0.500. The quantitative estimate of drug-likeness (QED) is 0.787. The summed E-state index contributed by atoms with van der Waals surface area (Å²) in [7, 11) is -3.53. The van der Waals surface area contributed by atoms with E-state index in [-0.39, 0.29) is 10.9 Å². The van der Waals surface area contributed by atoms with Crippen molar-refractivity contribution in [2.24, 2.45) is 5.73 Å². The molecule has 0 saturated heterocycles. The van der Waals surface area contributed by atoms with Crippen LogP contribution in [0.2, 0.25) is 0 Å². The van der Waals surface area contributed by atoms with Crippen LogP contribution in [0.1, 0.15) is 20.3 Å². The van der Waals surface area contributed by atoms with Gasteiger partial charge in [-0.05, 0) is 32.0 Å². The monoisotopic (exact) mass is 364 g/mol. The highest BCUT2D eigenvalue weighted by Gasteiger charge is 2.26. The molecule has 0 unspecified atom stereocenters. The molecule has 1 aromatic carbocycles. The average molecular weight is 365 g/mol. The van der Waals surface area contributed by atoms with Crippen LogP contribution in [0.4, 0.5) is 0 Å². The maximum atomic E-state index is 12.6. The van der Waals surface area contributed by atoms with Gasteiger partial charge in [-0.15, -0.1) is 0 Å². The summed E-state index contributed by atoms with van der Waals surface area (Å²) < 4.78 is 27.3. The topological polar surface area (TPSA) is 63.4 Å². The van der Waals surface area contributed by atoms with Crippen molar-refractivity contribution in [2.45, 2.75) is 31.2 Å². The molecular formula is C12H17BrN2O2S2. The first kappa shape index (κ1) is 16.6. The van der Waals surface area contributed by atoms with Crippen LogP contribution < -0.4 is 5.73 Å². The summed E-state index contributed by atoms with van der Waals surface area (Å²) in [6.07, 6.45) is 0.376. The Balaban J connectivity index is 3.09. The second kappa shape index (κ2) is 6.78. The number of halogens is 1. The molecule has 0 aliphatic heterocycles. The zero-order valence-corrected chi connectivity index (χ0v) is 14.1. The summed E-state index contributed by atoms with van der Waals surface area (Å²) in [4.78, 5) is 0.577.